The summed E-state index contributed by atoms with van der Waals surface area (Å²) in [4.78, 5) is 29.9. The van der Waals surface area contributed by atoms with Gasteiger partial charge < -0.3 is 14.5 Å². The molecule has 142 valence electrons. The molecule has 2 saturated heterocycles. The number of anilines is 1. The van der Waals surface area contributed by atoms with E-state index in [1.165, 1.54) is 0 Å². The Balaban J connectivity index is 1.48. The van der Waals surface area contributed by atoms with Crippen molar-refractivity contribution in [3.63, 3.8) is 0 Å². The summed E-state index contributed by atoms with van der Waals surface area (Å²) in [5, 5.41) is 0. The Morgan fingerprint density at radius 2 is 2.04 bits per heavy atom. The van der Waals surface area contributed by atoms with Crippen molar-refractivity contribution in [2.45, 2.75) is 26.2 Å². The molecule has 27 heavy (non-hydrogen) atoms. The number of aromatic nitrogens is 3. The van der Waals surface area contributed by atoms with Crippen molar-refractivity contribution in [1.29, 1.82) is 0 Å². The van der Waals surface area contributed by atoms with Gasteiger partial charge in [0.05, 0.1) is 12.7 Å². The first-order chi connectivity index (χ1) is 13.1. The fourth-order valence-electron chi connectivity index (χ4n) is 4.31. The molecule has 4 heterocycles. The summed E-state index contributed by atoms with van der Waals surface area (Å²) in [7, 11) is 1.62. The van der Waals surface area contributed by atoms with Gasteiger partial charge in [-0.2, -0.15) is 0 Å². The molecule has 0 saturated carbocycles. The zero-order chi connectivity index (χ0) is 18.9. The molecule has 2 aliphatic rings. The summed E-state index contributed by atoms with van der Waals surface area (Å²) in [6.07, 6.45) is 8.25. The highest BCUT2D eigenvalue weighted by molar-refractivity contribution is 5.94. The van der Waals surface area contributed by atoms with Gasteiger partial charge in [-0.1, -0.05) is 0 Å². The Morgan fingerprint density at radius 3 is 2.85 bits per heavy atom. The van der Waals surface area contributed by atoms with Crippen molar-refractivity contribution >= 4 is 11.7 Å². The van der Waals surface area contributed by atoms with Crippen molar-refractivity contribution < 1.29 is 9.53 Å². The number of carbonyl (C=O) groups is 1. The Morgan fingerprint density at radius 1 is 1.15 bits per heavy atom. The number of amides is 1. The predicted molar refractivity (Wildman–Crippen MR) is 102 cm³/mol. The molecule has 1 atom stereocenters. The van der Waals surface area contributed by atoms with Crippen LogP contribution in [0.5, 0.6) is 5.88 Å². The number of hydrogen-bond acceptors (Lipinski definition) is 6. The lowest BCUT2D eigenvalue weighted by Gasteiger charge is -2.41. The molecular weight excluding hydrogens is 342 g/mol. The molecule has 2 aromatic heterocycles. The van der Waals surface area contributed by atoms with Gasteiger partial charge in [0.15, 0.2) is 0 Å². The van der Waals surface area contributed by atoms with Gasteiger partial charge in [0.1, 0.15) is 12.1 Å². The number of piperidine rings is 1. The third kappa shape index (κ3) is 3.59. The van der Waals surface area contributed by atoms with E-state index >= 15 is 0 Å². The fraction of sp³-hybridized carbons (Fsp3) is 0.500. The smallest absolute Gasteiger partial charge is 0.255 e. The van der Waals surface area contributed by atoms with Gasteiger partial charge in [-0.15, -0.1) is 0 Å². The molecule has 1 amide bonds. The van der Waals surface area contributed by atoms with Crippen LogP contribution in [0.1, 0.15) is 35.2 Å². The van der Waals surface area contributed by atoms with Gasteiger partial charge in [0.2, 0.25) is 5.88 Å². The number of likely N-dealkylation sites (tertiary alicyclic amines) is 1. The zero-order valence-corrected chi connectivity index (χ0v) is 15.9. The minimum Gasteiger partial charge on any atom is -0.481 e. The number of aryl methyl sites for hydroxylation is 1. The highest BCUT2D eigenvalue weighted by atomic mass is 16.5. The topological polar surface area (TPSA) is 71.5 Å². The lowest BCUT2D eigenvalue weighted by Crippen LogP contribution is -2.45. The second kappa shape index (κ2) is 7.13. The Bertz CT molecular complexity index is 843. The molecular formula is C20H25N5O2. The zero-order valence-electron chi connectivity index (χ0n) is 15.9. The van der Waals surface area contributed by atoms with Crippen LogP contribution in [-0.4, -0.2) is 59.0 Å². The van der Waals surface area contributed by atoms with Crippen LogP contribution in [-0.2, 0) is 0 Å². The third-order valence-electron chi connectivity index (χ3n) is 5.67. The van der Waals surface area contributed by atoms with E-state index in [4.69, 9.17) is 4.74 Å². The average molecular weight is 367 g/mol. The summed E-state index contributed by atoms with van der Waals surface area (Å²) in [6, 6.07) is 3.80. The van der Waals surface area contributed by atoms with E-state index < -0.39 is 0 Å². The minimum atomic E-state index is 0.0869. The van der Waals surface area contributed by atoms with Gasteiger partial charge in [-0.3, -0.25) is 9.78 Å². The molecule has 2 fully saturated rings. The molecule has 4 rings (SSSR count). The maximum Gasteiger partial charge on any atom is 0.255 e. The Labute approximate surface area is 159 Å². The number of pyridine rings is 1. The summed E-state index contributed by atoms with van der Waals surface area (Å²) >= 11 is 0. The molecule has 0 aromatic carbocycles. The number of methoxy groups -OCH3 is 1. The van der Waals surface area contributed by atoms with Crippen molar-refractivity contribution in [2.75, 3.05) is 38.2 Å². The molecule has 2 aliphatic heterocycles. The Hall–Kier alpha value is -2.70. The van der Waals surface area contributed by atoms with Crippen LogP contribution in [0, 0.1) is 12.3 Å². The van der Waals surface area contributed by atoms with E-state index in [2.05, 4.69) is 19.9 Å². The molecule has 0 bridgehead atoms. The van der Waals surface area contributed by atoms with Gasteiger partial charge in [-0.05, 0) is 37.8 Å². The number of carbonyl (C=O) groups excluding carboxylic acids is 1. The van der Waals surface area contributed by atoms with Crippen LogP contribution in [0.3, 0.4) is 0 Å². The first kappa shape index (κ1) is 17.7. The van der Waals surface area contributed by atoms with Crippen molar-refractivity contribution in [2.24, 2.45) is 5.41 Å². The highest BCUT2D eigenvalue weighted by Gasteiger charge is 2.43. The summed E-state index contributed by atoms with van der Waals surface area (Å²) in [5.74, 6) is 1.56. The molecule has 1 unspecified atom stereocenters. The summed E-state index contributed by atoms with van der Waals surface area (Å²) < 4.78 is 5.23. The van der Waals surface area contributed by atoms with Crippen LogP contribution in [0.25, 0.3) is 0 Å². The molecule has 7 heteroatoms. The van der Waals surface area contributed by atoms with Crippen LogP contribution in [0.4, 0.5) is 5.82 Å². The normalized spacial score (nSPS) is 22.3. The molecule has 1 spiro atoms. The van der Waals surface area contributed by atoms with Gasteiger partial charge in [0.25, 0.3) is 5.91 Å². The minimum absolute atomic E-state index is 0.0869. The fourth-order valence-corrected chi connectivity index (χ4v) is 4.31. The van der Waals surface area contributed by atoms with E-state index in [1.807, 2.05) is 24.0 Å². The molecule has 7 nitrogen and oxygen atoms in total. The lowest BCUT2D eigenvalue weighted by atomic mass is 9.79. The van der Waals surface area contributed by atoms with E-state index in [0.29, 0.717) is 11.4 Å². The molecule has 0 aliphatic carbocycles. The van der Waals surface area contributed by atoms with Crippen LogP contribution >= 0.6 is 0 Å². The van der Waals surface area contributed by atoms with Crippen LogP contribution in [0.15, 0.2) is 30.9 Å². The third-order valence-corrected chi connectivity index (χ3v) is 5.67. The molecule has 0 N–H and O–H groups in total. The first-order valence-corrected chi connectivity index (χ1v) is 9.40. The monoisotopic (exact) mass is 367 g/mol. The predicted octanol–water partition coefficient (Wildman–Crippen LogP) is 2.32. The molecule has 2 aromatic rings. The lowest BCUT2D eigenvalue weighted by molar-refractivity contribution is 0.0767. The SMILES string of the molecule is COc1cc(N2CCCC3(CCN(C(=O)c4cncc(C)c4)C3)C2)ncn1. The second-order valence-corrected chi connectivity index (χ2v) is 7.67. The van der Waals surface area contributed by atoms with Crippen LogP contribution in [0.2, 0.25) is 0 Å². The number of hydrogen-bond donors (Lipinski definition) is 0. The van der Waals surface area contributed by atoms with Crippen LogP contribution < -0.4 is 9.64 Å². The average Bonchev–Trinajstić information content (AvgIpc) is 3.10. The Kier molecular flexibility index (Phi) is 4.68. The summed E-state index contributed by atoms with van der Waals surface area (Å²) in [6.45, 7) is 5.43. The summed E-state index contributed by atoms with van der Waals surface area (Å²) in [5.41, 5.74) is 1.82. The van der Waals surface area contributed by atoms with Crippen molar-refractivity contribution in [1.82, 2.24) is 19.9 Å². The number of ether oxygens (including phenoxy) is 1. The van der Waals surface area contributed by atoms with E-state index in [9.17, 15) is 4.79 Å². The number of nitrogens with zero attached hydrogens (tertiary/aromatic N) is 5. The maximum absolute atomic E-state index is 12.9. The first-order valence-electron chi connectivity index (χ1n) is 9.40. The molecule has 0 radical (unpaired) electrons. The van der Waals surface area contributed by atoms with Gasteiger partial charge in [-0.25, -0.2) is 9.97 Å². The van der Waals surface area contributed by atoms with Gasteiger partial charge in [0, 0.05) is 50.1 Å². The number of rotatable bonds is 3. The standard InChI is InChI=1S/C20H25N5O2/c1-15-8-16(11-21-10-15)19(26)25-7-5-20(13-25)4-3-6-24(12-20)17-9-18(27-2)23-14-22-17/h8-11,14H,3-7,12-13H2,1-2H3. The quantitative estimate of drug-likeness (QED) is 0.829. The second-order valence-electron chi connectivity index (χ2n) is 7.67. The highest BCUT2D eigenvalue weighted by Crippen LogP contribution is 2.40. The van der Waals surface area contributed by atoms with E-state index in [-0.39, 0.29) is 11.3 Å². The van der Waals surface area contributed by atoms with E-state index in [1.54, 1.807) is 25.8 Å². The largest absolute Gasteiger partial charge is 0.481 e. The van der Waals surface area contributed by atoms with Crippen molar-refractivity contribution in [3.8, 4) is 5.88 Å². The van der Waals surface area contributed by atoms with Gasteiger partial charge >= 0.3 is 0 Å². The van der Waals surface area contributed by atoms with E-state index in [0.717, 1.165) is 56.8 Å². The maximum atomic E-state index is 12.9. The van der Waals surface area contributed by atoms with Crippen molar-refractivity contribution in [3.05, 3.63) is 42.0 Å².